The van der Waals surface area contributed by atoms with Gasteiger partial charge in [0.2, 0.25) is 0 Å². The van der Waals surface area contributed by atoms with E-state index in [-0.39, 0.29) is 0 Å². The molecule has 98 heavy (non-hydrogen) atoms. The van der Waals surface area contributed by atoms with Crippen molar-refractivity contribution < 1.29 is 0 Å². The summed E-state index contributed by atoms with van der Waals surface area (Å²) in [7, 11) is 0. The predicted octanol–water partition coefficient (Wildman–Crippen LogP) is 24.0. The van der Waals surface area contributed by atoms with Crippen molar-refractivity contribution in [2.24, 2.45) is 0 Å². The zero-order valence-electron chi connectivity index (χ0n) is 53.4. The molecular formula is C94H60N4. The van der Waals surface area contributed by atoms with Crippen molar-refractivity contribution >= 4 is 21.8 Å². The quantitative estimate of drug-likeness (QED) is 0.130. The summed E-state index contributed by atoms with van der Waals surface area (Å²) in [6, 6.07) is 133. The van der Waals surface area contributed by atoms with Crippen molar-refractivity contribution in [1.82, 2.24) is 19.5 Å². The highest BCUT2D eigenvalue weighted by Gasteiger charge is 2.51. The molecule has 0 unspecified atom stereocenters. The van der Waals surface area contributed by atoms with Gasteiger partial charge in [-0.2, -0.15) is 0 Å². The van der Waals surface area contributed by atoms with Crippen molar-refractivity contribution in [3.63, 3.8) is 0 Å². The Balaban J connectivity index is 0.774. The van der Waals surface area contributed by atoms with E-state index in [1.165, 1.54) is 61.2 Å². The molecule has 4 nitrogen and oxygen atoms in total. The van der Waals surface area contributed by atoms with E-state index < -0.39 is 5.41 Å². The molecule has 15 aromatic carbocycles. The molecule has 0 aliphatic heterocycles. The molecule has 4 heteroatoms. The third kappa shape index (κ3) is 9.40. The van der Waals surface area contributed by atoms with E-state index in [9.17, 15) is 0 Å². The second kappa shape index (κ2) is 23.2. The molecule has 2 aliphatic rings. The molecule has 0 radical (unpaired) electrons. The molecule has 0 saturated heterocycles. The van der Waals surface area contributed by atoms with Crippen LogP contribution in [-0.4, -0.2) is 19.5 Å². The third-order valence-electron chi connectivity index (χ3n) is 20.2. The van der Waals surface area contributed by atoms with Gasteiger partial charge in [0.15, 0.2) is 17.5 Å². The van der Waals surface area contributed by atoms with Crippen LogP contribution in [0.15, 0.2) is 364 Å². The average molecular weight is 1250 g/mol. The van der Waals surface area contributed by atoms with Crippen LogP contribution < -0.4 is 0 Å². The Labute approximate surface area is 569 Å². The van der Waals surface area contributed by atoms with Crippen molar-refractivity contribution in [3.8, 4) is 140 Å². The van der Waals surface area contributed by atoms with Crippen LogP contribution in [0.1, 0.15) is 22.3 Å². The standard InChI is InChI=1S/C94H60N4/c1-5-24-61(25-6-1)65-32-19-33-66(52-65)68-35-22-39-77(58-68)98-88-51-49-69(70-48-50-82-81-42-15-18-46-86(81)94(87(82)60-70)84-44-16-13-40-79(84)80-41-14-17-45-85(80)94)59-83(88)90-78(43-23-47-89(90)98)71-36-21-38-73(54-71)93-96-91(64-30-11-4-12-31-64)95-92(97-93)72-37-20-34-67(53-72)76-56-74(62-26-7-2-8-27-62)55-75(57-76)63-28-9-3-10-29-63/h1-60H. The van der Waals surface area contributed by atoms with Gasteiger partial charge in [-0.25, -0.2) is 15.0 Å². The number of fused-ring (bicyclic) bond motifs is 13. The van der Waals surface area contributed by atoms with Gasteiger partial charge in [0, 0.05) is 33.2 Å². The fourth-order valence-corrected chi connectivity index (χ4v) is 15.8. The highest BCUT2D eigenvalue weighted by molar-refractivity contribution is 6.17. The number of rotatable bonds is 11. The Morgan fingerprint density at radius 1 is 0.194 bits per heavy atom. The Morgan fingerprint density at radius 2 is 0.541 bits per heavy atom. The molecule has 0 atom stereocenters. The first-order chi connectivity index (χ1) is 48.6. The highest BCUT2D eigenvalue weighted by Crippen LogP contribution is 2.63. The van der Waals surface area contributed by atoms with Gasteiger partial charge >= 0.3 is 0 Å². The zero-order chi connectivity index (χ0) is 64.7. The van der Waals surface area contributed by atoms with Crippen molar-refractivity contribution in [2.45, 2.75) is 5.41 Å². The molecule has 0 bridgehead atoms. The van der Waals surface area contributed by atoms with Crippen LogP contribution in [0.2, 0.25) is 0 Å². The lowest BCUT2D eigenvalue weighted by atomic mass is 9.70. The summed E-state index contributed by atoms with van der Waals surface area (Å²) in [6.45, 7) is 0. The normalized spacial score (nSPS) is 12.4. The largest absolute Gasteiger partial charge is 0.309 e. The van der Waals surface area contributed by atoms with Gasteiger partial charge in [0.1, 0.15) is 0 Å². The summed E-state index contributed by atoms with van der Waals surface area (Å²) in [5, 5.41) is 2.32. The molecule has 2 aromatic heterocycles. The molecule has 0 amide bonds. The second-order valence-electron chi connectivity index (χ2n) is 25.8. The number of nitrogens with zero attached hydrogens (tertiary/aromatic N) is 4. The first-order valence-corrected chi connectivity index (χ1v) is 33.6. The Morgan fingerprint density at radius 3 is 1.11 bits per heavy atom. The maximum Gasteiger partial charge on any atom is 0.164 e. The van der Waals surface area contributed by atoms with Crippen LogP contribution >= 0.6 is 0 Å². The van der Waals surface area contributed by atoms with Gasteiger partial charge in [-0.15, -0.1) is 0 Å². The molecular weight excluding hydrogens is 1190 g/mol. The lowest BCUT2D eigenvalue weighted by molar-refractivity contribution is 0.794. The van der Waals surface area contributed by atoms with Crippen molar-refractivity contribution in [2.75, 3.05) is 0 Å². The molecule has 0 fully saturated rings. The fourth-order valence-electron chi connectivity index (χ4n) is 15.8. The molecule has 0 N–H and O–H groups in total. The summed E-state index contributed by atoms with van der Waals surface area (Å²) in [5.74, 6) is 1.79. The van der Waals surface area contributed by atoms with E-state index >= 15 is 0 Å². The average Bonchev–Trinajstić information content (AvgIpc) is 1.51. The monoisotopic (exact) mass is 1240 g/mol. The highest BCUT2D eigenvalue weighted by atomic mass is 15.0. The number of aromatic nitrogens is 4. The summed E-state index contributed by atoms with van der Waals surface area (Å²) < 4.78 is 2.46. The van der Waals surface area contributed by atoms with Crippen LogP contribution in [-0.2, 0) is 5.41 Å². The van der Waals surface area contributed by atoms with Crippen LogP contribution in [0.3, 0.4) is 0 Å². The van der Waals surface area contributed by atoms with E-state index in [1.807, 2.05) is 18.2 Å². The number of hydrogen-bond donors (Lipinski definition) is 0. The third-order valence-corrected chi connectivity index (χ3v) is 20.2. The molecule has 1 spiro atoms. The second-order valence-corrected chi connectivity index (χ2v) is 25.8. The first kappa shape index (κ1) is 56.6. The van der Waals surface area contributed by atoms with Crippen molar-refractivity contribution in [1.29, 1.82) is 0 Å². The number of benzene rings is 15. The van der Waals surface area contributed by atoms with E-state index in [2.05, 4.69) is 350 Å². The summed E-state index contributed by atoms with van der Waals surface area (Å²) in [4.78, 5) is 16.0. The molecule has 19 rings (SSSR count). The van der Waals surface area contributed by atoms with Crippen LogP contribution in [0.5, 0.6) is 0 Å². The minimum absolute atomic E-state index is 0.465. The van der Waals surface area contributed by atoms with Crippen molar-refractivity contribution in [3.05, 3.63) is 386 Å². The summed E-state index contributed by atoms with van der Waals surface area (Å²) >= 11 is 0. The van der Waals surface area contributed by atoms with Crippen LogP contribution in [0.4, 0.5) is 0 Å². The van der Waals surface area contributed by atoms with E-state index in [4.69, 9.17) is 15.0 Å². The summed E-state index contributed by atoms with van der Waals surface area (Å²) in [5.41, 5.74) is 32.0. The van der Waals surface area contributed by atoms with E-state index in [0.717, 1.165) is 105 Å². The van der Waals surface area contributed by atoms with Gasteiger partial charge in [0.25, 0.3) is 0 Å². The maximum atomic E-state index is 5.42. The topological polar surface area (TPSA) is 43.6 Å². The van der Waals surface area contributed by atoms with Crippen LogP contribution in [0.25, 0.3) is 162 Å². The molecule has 2 aliphatic carbocycles. The van der Waals surface area contributed by atoms with E-state index in [0.29, 0.717) is 17.5 Å². The minimum atomic E-state index is -0.465. The molecule has 0 saturated carbocycles. The minimum Gasteiger partial charge on any atom is -0.309 e. The Hall–Kier alpha value is -12.9. The molecule has 17 aromatic rings. The van der Waals surface area contributed by atoms with Gasteiger partial charge < -0.3 is 4.57 Å². The van der Waals surface area contributed by atoms with Gasteiger partial charge in [-0.3, -0.25) is 0 Å². The lowest BCUT2D eigenvalue weighted by Crippen LogP contribution is -2.25. The van der Waals surface area contributed by atoms with Crippen LogP contribution in [0, 0.1) is 0 Å². The molecule has 456 valence electrons. The Bertz CT molecular complexity index is 5870. The smallest absolute Gasteiger partial charge is 0.164 e. The SMILES string of the molecule is c1ccc(-c2cccc(-c3cccc(-n4c5ccc(-c6ccc7c(c6)C6(c8ccccc8-c8ccccc86)c6ccccc6-7)cc5c5c(-c6cccc(-c7nc(-c8ccccc8)nc(-c8cccc(-c9cc(-c%10ccccc%10)cc(-c%10ccccc%10)c9)c8)n7)c6)cccc54)c3)c2)cc1. The maximum absolute atomic E-state index is 5.42. The number of hydrogen-bond acceptors (Lipinski definition) is 3. The van der Waals surface area contributed by atoms with Gasteiger partial charge in [-0.05, 0) is 195 Å². The van der Waals surface area contributed by atoms with E-state index in [1.54, 1.807) is 0 Å². The lowest BCUT2D eigenvalue weighted by Gasteiger charge is -2.30. The van der Waals surface area contributed by atoms with Gasteiger partial charge in [-0.1, -0.05) is 291 Å². The Kier molecular flexibility index (Phi) is 13.4. The zero-order valence-corrected chi connectivity index (χ0v) is 53.4. The fraction of sp³-hybridized carbons (Fsp3) is 0.0106. The molecule has 2 heterocycles. The first-order valence-electron chi connectivity index (χ1n) is 33.6. The van der Waals surface area contributed by atoms with Gasteiger partial charge in [0.05, 0.1) is 16.4 Å². The predicted molar refractivity (Wildman–Crippen MR) is 405 cm³/mol. The summed E-state index contributed by atoms with van der Waals surface area (Å²) in [6.07, 6.45) is 0.